The van der Waals surface area contributed by atoms with Crippen molar-refractivity contribution in [2.75, 3.05) is 12.3 Å². The van der Waals surface area contributed by atoms with Gasteiger partial charge in [0.25, 0.3) is 0 Å². The molecule has 20 heavy (non-hydrogen) atoms. The summed E-state index contributed by atoms with van der Waals surface area (Å²) in [6.07, 6.45) is 1.72. The number of rotatable bonds is 6. The van der Waals surface area contributed by atoms with Gasteiger partial charge in [-0.2, -0.15) is 5.26 Å². The van der Waals surface area contributed by atoms with Gasteiger partial charge in [0.2, 0.25) is 0 Å². The van der Waals surface area contributed by atoms with Crippen LogP contribution in [0.1, 0.15) is 57.6 Å². The minimum absolute atomic E-state index is 0.277. The maximum Gasteiger partial charge on any atom is 0.123 e. The van der Waals surface area contributed by atoms with Crippen molar-refractivity contribution in [3.63, 3.8) is 0 Å². The standard InChI is InChI=1S/C17H26N2O/c1-12(2)14-10-15(19)13(3)9-16(14)20-8-6-7-17(4,5)11-18/h9-10,12H,6-8,19H2,1-5H3. The van der Waals surface area contributed by atoms with Crippen molar-refractivity contribution in [2.45, 2.75) is 53.4 Å². The molecule has 0 aliphatic carbocycles. The van der Waals surface area contributed by atoms with Crippen LogP contribution in [0.4, 0.5) is 5.69 Å². The zero-order chi connectivity index (χ0) is 15.3. The van der Waals surface area contributed by atoms with Gasteiger partial charge in [-0.3, -0.25) is 0 Å². The molecule has 0 amide bonds. The fraction of sp³-hybridized carbons (Fsp3) is 0.588. The van der Waals surface area contributed by atoms with Crippen LogP contribution in [0.5, 0.6) is 5.75 Å². The van der Waals surface area contributed by atoms with E-state index in [0.717, 1.165) is 35.4 Å². The van der Waals surface area contributed by atoms with Gasteiger partial charge in [-0.15, -0.1) is 0 Å². The molecular formula is C17H26N2O. The molecule has 2 N–H and O–H groups in total. The molecule has 0 atom stereocenters. The van der Waals surface area contributed by atoms with Crippen molar-refractivity contribution in [2.24, 2.45) is 5.41 Å². The van der Waals surface area contributed by atoms with Gasteiger partial charge in [-0.1, -0.05) is 13.8 Å². The summed E-state index contributed by atoms with van der Waals surface area (Å²) in [5.41, 5.74) is 8.69. The highest BCUT2D eigenvalue weighted by Crippen LogP contribution is 2.31. The monoisotopic (exact) mass is 274 g/mol. The zero-order valence-corrected chi connectivity index (χ0v) is 13.3. The van der Waals surface area contributed by atoms with Crippen molar-refractivity contribution in [1.29, 1.82) is 5.26 Å². The van der Waals surface area contributed by atoms with Crippen molar-refractivity contribution in [3.8, 4) is 11.8 Å². The first-order valence-corrected chi connectivity index (χ1v) is 7.21. The van der Waals surface area contributed by atoms with Crippen LogP contribution in [0.2, 0.25) is 0 Å². The topological polar surface area (TPSA) is 59.0 Å². The number of hydrogen-bond acceptors (Lipinski definition) is 3. The second-order valence-electron chi connectivity index (χ2n) is 6.35. The molecule has 0 aromatic heterocycles. The van der Waals surface area contributed by atoms with Crippen LogP contribution in [0, 0.1) is 23.7 Å². The molecule has 0 aliphatic rings. The first kappa shape index (κ1) is 16.4. The van der Waals surface area contributed by atoms with Crippen LogP contribution >= 0.6 is 0 Å². The van der Waals surface area contributed by atoms with Crippen LogP contribution in [0.15, 0.2) is 12.1 Å². The Morgan fingerprint density at radius 2 is 2.00 bits per heavy atom. The Hall–Kier alpha value is -1.69. The second-order valence-corrected chi connectivity index (χ2v) is 6.35. The van der Waals surface area contributed by atoms with E-state index in [4.69, 9.17) is 15.7 Å². The molecule has 1 rings (SSSR count). The molecule has 0 spiro atoms. The Bertz CT molecular complexity index is 498. The molecule has 0 radical (unpaired) electrons. The quantitative estimate of drug-likeness (QED) is 0.617. The van der Waals surface area contributed by atoms with Crippen LogP contribution < -0.4 is 10.5 Å². The molecule has 0 fully saturated rings. The van der Waals surface area contributed by atoms with E-state index in [-0.39, 0.29) is 5.41 Å². The van der Waals surface area contributed by atoms with E-state index in [1.165, 1.54) is 0 Å². The Labute approximate surface area is 122 Å². The van der Waals surface area contributed by atoms with Crippen molar-refractivity contribution >= 4 is 5.69 Å². The van der Waals surface area contributed by atoms with E-state index in [9.17, 15) is 0 Å². The number of benzene rings is 1. The molecule has 0 heterocycles. The van der Waals surface area contributed by atoms with Crippen LogP contribution in [0.3, 0.4) is 0 Å². The second kappa shape index (κ2) is 6.65. The fourth-order valence-corrected chi connectivity index (χ4v) is 2.04. The largest absolute Gasteiger partial charge is 0.493 e. The lowest BCUT2D eigenvalue weighted by Crippen LogP contribution is -2.10. The zero-order valence-electron chi connectivity index (χ0n) is 13.3. The van der Waals surface area contributed by atoms with Gasteiger partial charge < -0.3 is 10.5 Å². The normalized spacial score (nSPS) is 11.4. The third-order valence-corrected chi connectivity index (χ3v) is 3.53. The van der Waals surface area contributed by atoms with E-state index in [1.807, 2.05) is 32.9 Å². The van der Waals surface area contributed by atoms with E-state index < -0.39 is 0 Å². The van der Waals surface area contributed by atoms with Gasteiger partial charge in [0.15, 0.2) is 0 Å². The molecule has 0 unspecified atom stereocenters. The Balaban J connectivity index is 2.69. The van der Waals surface area contributed by atoms with Crippen LogP contribution in [-0.4, -0.2) is 6.61 Å². The van der Waals surface area contributed by atoms with Crippen molar-refractivity contribution < 1.29 is 4.74 Å². The maximum absolute atomic E-state index is 8.99. The summed E-state index contributed by atoms with van der Waals surface area (Å²) < 4.78 is 5.91. The van der Waals surface area contributed by atoms with Gasteiger partial charge in [-0.25, -0.2) is 0 Å². The summed E-state index contributed by atoms with van der Waals surface area (Å²) in [7, 11) is 0. The van der Waals surface area contributed by atoms with Crippen molar-refractivity contribution in [3.05, 3.63) is 23.3 Å². The van der Waals surface area contributed by atoms with Gasteiger partial charge >= 0.3 is 0 Å². The lowest BCUT2D eigenvalue weighted by molar-refractivity contribution is 0.281. The molecule has 1 aromatic rings. The average Bonchev–Trinajstić information content (AvgIpc) is 2.38. The molecule has 3 nitrogen and oxygen atoms in total. The number of aryl methyl sites for hydroxylation is 1. The number of ether oxygens (including phenoxy) is 1. The Morgan fingerprint density at radius 3 is 2.55 bits per heavy atom. The molecule has 0 saturated heterocycles. The molecule has 1 aromatic carbocycles. The summed E-state index contributed by atoms with van der Waals surface area (Å²) in [4.78, 5) is 0. The molecule has 0 bridgehead atoms. The highest BCUT2D eigenvalue weighted by molar-refractivity contribution is 5.55. The third kappa shape index (κ3) is 4.45. The summed E-state index contributed by atoms with van der Waals surface area (Å²) in [6, 6.07) is 6.34. The van der Waals surface area contributed by atoms with E-state index in [1.54, 1.807) is 0 Å². The number of nitriles is 1. The molecule has 110 valence electrons. The summed E-state index contributed by atoms with van der Waals surface area (Å²) in [5.74, 6) is 1.30. The van der Waals surface area contributed by atoms with Gasteiger partial charge in [0.1, 0.15) is 5.75 Å². The maximum atomic E-state index is 8.99. The minimum Gasteiger partial charge on any atom is -0.493 e. The van der Waals surface area contributed by atoms with Crippen molar-refractivity contribution in [1.82, 2.24) is 0 Å². The number of anilines is 1. The summed E-state index contributed by atoms with van der Waals surface area (Å²) in [5, 5.41) is 8.99. The van der Waals surface area contributed by atoms with E-state index in [2.05, 4.69) is 19.9 Å². The fourth-order valence-electron chi connectivity index (χ4n) is 2.04. The Kier molecular flexibility index (Phi) is 5.44. The van der Waals surface area contributed by atoms with Gasteiger partial charge in [-0.05, 0) is 62.8 Å². The van der Waals surface area contributed by atoms with E-state index >= 15 is 0 Å². The van der Waals surface area contributed by atoms with E-state index in [0.29, 0.717) is 12.5 Å². The van der Waals surface area contributed by atoms with Crippen LogP contribution in [-0.2, 0) is 0 Å². The summed E-state index contributed by atoms with van der Waals surface area (Å²) >= 11 is 0. The highest BCUT2D eigenvalue weighted by atomic mass is 16.5. The first-order valence-electron chi connectivity index (χ1n) is 7.21. The molecule has 3 heteroatoms. The smallest absolute Gasteiger partial charge is 0.123 e. The summed E-state index contributed by atoms with van der Waals surface area (Å²) in [6.45, 7) is 10.8. The number of nitrogens with two attached hydrogens (primary N) is 1. The molecule has 0 saturated carbocycles. The number of nitrogens with zero attached hydrogens (tertiary/aromatic N) is 1. The molecular weight excluding hydrogens is 248 g/mol. The van der Waals surface area contributed by atoms with Crippen LogP contribution in [0.25, 0.3) is 0 Å². The van der Waals surface area contributed by atoms with Gasteiger partial charge in [0, 0.05) is 5.69 Å². The predicted octanol–water partition coefficient (Wildman–Crippen LogP) is 4.41. The molecule has 0 aliphatic heterocycles. The Morgan fingerprint density at radius 1 is 1.35 bits per heavy atom. The average molecular weight is 274 g/mol. The minimum atomic E-state index is -0.277. The van der Waals surface area contributed by atoms with Gasteiger partial charge in [0.05, 0.1) is 18.1 Å². The third-order valence-electron chi connectivity index (χ3n) is 3.53. The first-order chi connectivity index (χ1) is 9.26. The number of hydrogen-bond donors (Lipinski definition) is 1. The lowest BCUT2D eigenvalue weighted by Gasteiger charge is -2.18. The predicted molar refractivity (Wildman–Crippen MR) is 83.8 cm³/mol. The highest BCUT2D eigenvalue weighted by Gasteiger charge is 2.16. The SMILES string of the molecule is Cc1cc(OCCCC(C)(C)C#N)c(C(C)C)cc1N. The number of nitrogen functional groups attached to an aromatic ring is 1. The lowest BCUT2D eigenvalue weighted by atomic mass is 9.90.